The molecule has 0 spiro atoms. The molecule has 1 aromatic carbocycles. The summed E-state index contributed by atoms with van der Waals surface area (Å²) in [4.78, 5) is 26.5. The second kappa shape index (κ2) is 7.79. The second-order valence-electron chi connectivity index (χ2n) is 5.51. The normalized spacial score (nSPS) is 16.1. The Morgan fingerprint density at radius 1 is 1.14 bits per heavy atom. The van der Waals surface area contributed by atoms with Crippen molar-refractivity contribution in [1.29, 1.82) is 0 Å². The molecule has 1 N–H and O–H groups in total. The van der Waals surface area contributed by atoms with Gasteiger partial charge in [-0.25, -0.2) is 0 Å². The van der Waals surface area contributed by atoms with Gasteiger partial charge in [-0.3, -0.25) is 14.5 Å². The number of nitrogens with zero attached hydrogens (tertiary/aromatic N) is 2. The van der Waals surface area contributed by atoms with E-state index in [9.17, 15) is 9.59 Å². The zero-order valence-corrected chi connectivity index (χ0v) is 12.8. The first-order valence-electron chi connectivity index (χ1n) is 7.46. The number of amides is 1. The molecule has 120 valence electrons. The van der Waals surface area contributed by atoms with Gasteiger partial charge in [-0.15, -0.1) is 0 Å². The maximum absolute atomic E-state index is 12.2. The Balaban J connectivity index is 1.79. The van der Waals surface area contributed by atoms with Crippen LogP contribution in [0.5, 0.6) is 5.75 Å². The fourth-order valence-electron chi connectivity index (χ4n) is 2.44. The van der Waals surface area contributed by atoms with Crippen LogP contribution in [0.1, 0.15) is 12.0 Å². The van der Waals surface area contributed by atoms with Gasteiger partial charge in [0.05, 0.1) is 6.54 Å². The summed E-state index contributed by atoms with van der Waals surface area (Å²) in [5.41, 5.74) is 1.14. The van der Waals surface area contributed by atoms with Gasteiger partial charge in [0, 0.05) is 26.2 Å². The Morgan fingerprint density at radius 3 is 2.55 bits per heavy atom. The standard InChI is InChI=1S/C16H22N2O4/c1-13-3-5-14(6-4-13)22-12-15(19)18-8-2-7-17(9-10-18)11-16(20)21/h3-6H,2,7-12H2,1H3,(H,20,21). The van der Waals surface area contributed by atoms with E-state index in [0.29, 0.717) is 31.9 Å². The van der Waals surface area contributed by atoms with Gasteiger partial charge >= 0.3 is 5.97 Å². The van der Waals surface area contributed by atoms with Crippen molar-refractivity contribution in [1.82, 2.24) is 9.80 Å². The van der Waals surface area contributed by atoms with E-state index in [1.165, 1.54) is 0 Å². The summed E-state index contributed by atoms with van der Waals surface area (Å²) >= 11 is 0. The van der Waals surface area contributed by atoms with Crippen molar-refractivity contribution in [3.63, 3.8) is 0 Å². The highest BCUT2D eigenvalue weighted by atomic mass is 16.5. The molecule has 0 unspecified atom stereocenters. The SMILES string of the molecule is Cc1ccc(OCC(=O)N2CCCN(CC(=O)O)CC2)cc1. The first-order valence-corrected chi connectivity index (χ1v) is 7.46. The van der Waals surface area contributed by atoms with Gasteiger partial charge in [-0.2, -0.15) is 0 Å². The molecule has 0 aliphatic carbocycles. The minimum absolute atomic E-state index is 0.0159. The number of hydrogen-bond acceptors (Lipinski definition) is 4. The monoisotopic (exact) mass is 306 g/mol. The Labute approximate surface area is 130 Å². The van der Waals surface area contributed by atoms with Crippen molar-refractivity contribution in [3.8, 4) is 5.75 Å². The Morgan fingerprint density at radius 2 is 1.86 bits per heavy atom. The molecule has 0 bridgehead atoms. The minimum atomic E-state index is -0.831. The third kappa shape index (κ3) is 5.04. The van der Waals surface area contributed by atoms with Crippen LogP contribution in [0.2, 0.25) is 0 Å². The molecule has 0 saturated carbocycles. The zero-order chi connectivity index (χ0) is 15.9. The molecule has 0 atom stereocenters. The number of carboxylic acid groups (broad SMARTS) is 1. The van der Waals surface area contributed by atoms with Crippen LogP contribution in [0.4, 0.5) is 0 Å². The molecule has 1 aliphatic rings. The van der Waals surface area contributed by atoms with Crippen LogP contribution in [0, 0.1) is 6.92 Å². The molecular weight excluding hydrogens is 284 g/mol. The van der Waals surface area contributed by atoms with E-state index >= 15 is 0 Å². The molecule has 2 rings (SSSR count). The maximum atomic E-state index is 12.2. The molecule has 1 aromatic rings. The molecule has 0 aromatic heterocycles. The van der Waals surface area contributed by atoms with E-state index in [-0.39, 0.29) is 19.1 Å². The van der Waals surface area contributed by atoms with Crippen LogP contribution in [0.15, 0.2) is 24.3 Å². The highest BCUT2D eigenvalue weighted by molar-refractivity contribution is 5.77. The first kappa shape index (κ1) is 16.3. The van der Waals surface area contributed by atoms with Crippen molar-refractivity contribution in [3.05, 3.63) is 29.8 Å². The van der Waals surface area contributed by atoms with Crippen molar-refractivity contribution in [2.75, 3.05) is 39.3 Å². The summed E-state index contributed by atoms with van der Waals surface area (Å²) in [7, 11) is 0. The fourth-order valence-corrected chi connectivity index (χ4v) is 2.44. The number of carbonyl (C=O) groups is 2. The lowest BCUT2D eigenvalue weighted by molar-refractivity contribution is -0.138. The summed E-state index contributed by atoms with van der Waals surface area (Å²) in [5.74, 6) is -0.207. The van der Waals surface area contributed by atoms with Crippen LogP contribution in [0.25, 0.3) is 0 Å². The molecule has 1 fully saturated rings. The van der Waals surface area contributed by atoms with Crippen molar-refractivity contribution >= 4 is 11.9 Å². The molecule has 1 saturated heterocycles. The topological polar surface area (TPSA) is 70.1 Å². The Bertz CT molecular complexity index is 515. The number of aryl methyl sites for hydroxylation is 1. The number of carbonyl (C=O) groups excluding carboxylic acids is 1. The molecule has 22 heavy (non-hydrogen) atoms. The molecular formula is C16H22N2O4. The molecule has 6 nitrogen and oxygen atoms in total. The van der Waals surface area contributed by atoms with E-state index in [2.05, 4.69) is 0 Å². The fraction of sp³-hybridized carbons (Fsp3) is 0.500. The largest absolute Gasteiger partial charge is 0.484 e. The first-order chi connectivity index (χ1) is 10.5. The van der Waals surface area contributed by atoms with Gasteiger partial charge < -0.3 is 14.7 Å². The van der Waals surface area contributed by atoms with E-state index in [0.717, 1.165) is 12.0 Å². The summed E-state index contributed by atoms with van der Waals surface area (Å²) < 4.78 is 5.51. The maximum Gasteiger partial charge on any atom is 0.317 e. The highest BCUT2D eigenvalue weighted by Gasteiger charge is 2.20. The lowest BCUT2D eigenvalue weighted by atomic mass is 10.2. The second-order valence-corrected chi connectivity index (χ2v) is 5.51. The number of carboxylic acids is 1. The van der Waals surface area contributed by atoms with Gasteiger partial charge in [0.1, 0.15) is 5.75 Å². The predicted molar refractivity (Wildman–Crippen MR) is 81.9 cm³/mol. The molecule has 1 amide bonds. The number of rotatable bonds is 5. The summed E-state index contributed by atoms with van der Waals surface area (Å²) in [6.45, 7) is 4.52. The quantitative estimate of drug-likeness (QED) is 0.878. The predicted octanol–water partition coefficient (Wildman–Crippen LogP) is 0.993. The number of ether oxygens (including phenoxy) is 1. The van der Waals surface area contributed by atoms with Gasteiger partial charge in [-0.05, 0) is 25.5 Å². The van der Waals surface area contributed by atoms with Crippen LogP contribution in [-0.4, -0.2) is 66.1 Å². The van der Waals surface area contributed by atoms with Crippen molar-refractivity contribution in [2.45, 2.75) is 13.3 Å². The summed E-state index contributed by atoms with van der Waals surface area (Å²) in [6.07, 6.45) is 0.781. The summed E-state index contributed by atoms with van der Waals surface area (Å²) in [5, 5.41) is 8.82. The third-order valence-corrected chi connectivity index (χ3v) is 3.68. The Kier molecular flexibility index (Phi) is 5.77. The molecule has 1 heterocycles. The van der Waals surface area contributed by atoms with Crippen molar-refractivity contribution < 1.29 is 19.4 Å². The van der Waals surface area contributed by atoms with Gasteiger partial charge in [0.25, 0.3) is 5.91 Å². The lowest BCUT2D eigenvalue weighted by Crippen LogP contribution is -2.38. The van der Waals surface area contributed by atoms with Gasteiger partial charge in [0.15, 0.2) is 6.61 Å². The van der Waals surface area contributed by atoms with Crippen LogP contribution >= 0.6 is 0 Å². The van der Waals surface area contributed by atoms with Crippen molar-refractivity contribution in [2.24, 2.45) is 0 Å². The zero-order valence-electron chi connectivity index (χ0n) is 12.8. The average molecular weight is 306 g/mol. The smallest absolute Gasteiger partial charge is 0.317 e. The third-order valence-electron chi connectivity index (χ3n) is 3.68. The van der Waals surface area contributed by atoms with E-state index in [1.54, 1.807) is 4.90 Å². The minimum Gasteiger partial charge on any atom is -0.484 e. The van der Waals surface area contributed by atoms with Gasteiger partial charge in [0.2, 0.25) is 0 Å². The molecule has 1 aliphatic heterocycles. The van der Waals surface area contributed by atoms with Gasteiger partial charge in [-0.1, -0.05) is 17.7 Å². The van der Waals surface area contributed by atoms with E-state index in [1.807, 2.05) is 36.1 Å². The highest BCUT2D eigenvalue weighted by Crippen LogP contribution is 2.12. The number of aliphatic carboxylic acids is 1. The number of benzene rings is 1. The van der Waals surface area contributed by atoms with Crippen LogP contribution in [-0.2, 0) is 9.59 Å². The van der Waals surface area contributed by atoms with E-state index < -0.39 is 5.97 Å². The van der Waals surface area contributed by atoms with E-state index in [4.69, 9.17) is 9.84 Å². The van der Waals surface area contributed by atoms with Crippen LogP contribution in [0.3, 0.4) is 0 Å². The van der Waals surface area contributed by atoms with Crippen LogP contribution < -0.4 is 4.74 Å². The lowest BCUT2D eigenvalue weighted by Gasteiger charge is -2.21. The molecule has 0 radical (unpaired) electrons. The Hall–Kier alpha value is -2.08. The molecule has 6 heteroatoms. The average Bonchev–Trinajstić information content (AvgIpc) is 2.71. The summed E-state index contributed by atoms with van der Waals surface area (Å²) in [6, 6.07) is 7.57. The number of hydrogen-bond donors (Lipinski definition) is 1.